The van der Waals surface area contributed by atoms with Crippen LogP contribution in [0.25, 0.3) is 0 Å². The van der Waals surface area contributed by atoms with E-state index in [1.165, 1.54) is 0 Å². The van der Waals surface area contributed by atoms with Crippen LogP contribution >= 0.6 is 0 Å². The number of aliphatic hydroxyl groups excluding tert-OH is 1. The number of rotatable bonds is 7. The summed E-state index contributed by atoms with van der Waals surface area (Å²) in [4.78, 5) is -0.201. The van der Waals surface area contributed by atoms with Crippen molar-refractivity contribution in [1.82, 2.24) is 4.72 Å². The van der Waals surface area contributed by atoms with E-state index in [1.54, 1.807) is 0 Å². The van der Waals surface area contributed by atoms with Gasteiger partial charge in [0, 0.05) is 13.2 Å². The van der Waals surface area contributed by atoms with Gasteiger partial charge in [-0.2, -0.15) is 13.2 Å². The summed E-state index contributed by atoms with van der Waals surface area (Å²) in [6, 6.07) is 3.33. The summed E-state index contributed by atoms with van der Waals surface area (Å²) in [5.41, 5.74) is -0.889. The van der Waals surface area contributed by atoms with Crippen molar-refractivity contribution in [2.75, 3.05) is 13.2 Å². The molecule has 2 N–H and O–H groups in total. The maximum absolute atomic E-state index is 12.4. The first-order valence-electron chi connectivity index (χ1n) is 6.05. The van der Waals surface area contributed by atoms with Crippen LogP contribution < -0.4 is 4.72 Å². The van der Waals surface area contributed by atoms with Gasteiger partial charge < -0.3 is 5.11 Å². The minimum absolute atomic E-state index is 0.0473. The molecule has 8 heteroatoms. The molecule has 1 aromatic carbocycles. The molecule has 20 heavy (non-hydrogen) atoms. The van der Waals surface area contributed by atoms with Crippen LogP contribution in [-0.2, 0) is 16.2 Å². The monoisotopic (exact) mass is 311 g/mol. The molecule has 0 unspecified atom stereocenters. The first-order valence-corrected chi connectivity index (χ1v) is 7.53. The molecule has 0 saturated heterocycles. The lowest BCUT2D eigenvalue weighted by atomic mass is 10.2. The highest BCUT2D eigenvalue weighted by Gasteiger charge is 2.30. The van der Waals surface area contributed by atoms with Gasteiger partial charge in [-0.15, -0.1) is 0 Å². The standard InChI is InChI=1S/C12H16F3NO3S/c13-12(14,15)10-4-6-11(7-5-10)20(18,19)16-8-2-1-3-9-17/h4-7,16-17H,1-3,8-9H2. The second kappa shape index (κ2) is 7.05. The Hall–Kier alpha value is -1.12. The Bertz CT molecular complexity index is 512. The largest absolute Gasteiger partial charge is 0.416 e. The van der Waals surface area contributed by atoms with E-state index in [-0.39, 0.29) is 18.0 Å². The van der Waals surface area contributed by atoms with Gasteiger partial charge in [0.15, 0.2) is 0 Å². The van der Waals surface area contributed by atoms with Gasteiger partial charge in [0.2, 0.25) is 10.0 Å². The van der Waals surface area contributed by atoms with Crippen molar-refractivity contribution in [3.63, 3.8) is 0 Å². The third-order valence-electron chi connectivity index (χ3n) is 2.62. The van der Waals surface area contributed by atoms with Crippen molar-refractivity contribution in [3.05, 3.63) is 29.8 Å². The Balaban J connectivity index is 2.64. The first-order chi connectivity index (χ1) is 9.27. The van der Waals surface area contributed by atoms with E-state index in [1.807, 2.05) is 0 Å². The zero-order valence-corrected chi connectivity index (χ0v) is 11.5. The fraction of sp³-hybridized carbons (Fsp3) is 0.500. The van der Waals surface area contributed by atoms with Crippen LogP contribution in [0, 0.1) is 0 Å². The summed E-state index contributed by atoms with van der Waals surface area (Å²) in [7, 11) is -3.79. The summed E-state index contributed by atoms with van der Waals surface area (Å²) in [5, 5.41) is 8.56. The molecule has 0 aliphatic rings. The van der Waals surface area contributed by atoms with Crippen LogP contribution in [0.15, 0.2) is 29.2 Å². The van der Waals surface area contributed by atoms with Crippen molar-refractivity contribution < 1.29 is 26.7 Å². The number of halogens is 3. The number of benzene rings is 1. The van der Waals surface area contributed by atoms with Gasteiger partial charge in [0.25, 0.3) is 0 Å². The third-order valence-corrected chi connectivity index (χ3v) is 4.10. The molecule has 0 spiro atoms. The molecule has 114 valence electrons. The molecule has 0 aliphatic carbocycles. The molecular weight excluding hydrogens is 295 g/mol. The Morgan fingerprint density at radius 2 is 1.65 bits per heavy atom. The number of alkyl halides is 3. The fourth-order valence-corrected chi connectivity index (χ4v) is 2.60. The number of hydrogen-bond acceptors (Lipinski definition) is 3. The van der Waals surface area contributed by atoms with Crippen molar-refractivity contribution in [1.29, 1.82) is 0 Å². The summed E-state index contributed by atoms with van der Waals surface area (Å²) in [5.74, 6) is 0. The number of aliphatic hydroxyl groups is 1. The molecule has 0 bridgehead atoms. The van der Waals surface area contributed by atoms with Gasteiger partial charge in [0.1, 0.15) is 0 Å². The smallest absolute Gasteiger partial charge is 0.396 e. The van der Waals surface area contributed by atoms with E-state index in [9.17, 15) is 21.6 Å². The average molecular weight is 311 g/mol. The van der Waals surface area contributed by atoms with Gasteiger partial charge in [0.05, 0.1) is 10.5 Å². The van der Waals surface area contributed by atoms with Gasteiger partial charge >= 0.3 is 6.18 Å². The van der Waals surface area contributed by atoms with Crippen molar-refractivity contribution >= 4 is 10.0 Å². The molecule has 0 amide bonds. The number of unbranched alkanes of at least 4 members (excludes halogenated alkanes) is 2. The average Bonchev–Trinajstić information content (AvgIpc) is 2.37. The summed E-state index contributed by atoms with van der Waals surface area (Å²) in [6.45, 7) is 0.231. The van der Waals surface area contributed by atoms with Gasteiger partial charge in [-0.3, -0.25) is 0 Å². The highest BCUT2D eigenvalue weighted by atomic mass is 32.2. The highest BCUT2D eigenvalue weighted by Crippen LogP contribution is 2.29. The van der Waals surface area contributed by atoms with Crippen LogP contribution in [0.1, 0.15) is 24.8 Å². The van der Waals surface area contributed by atoms with E-state index >= 15 is 0 Å². The molecular formula is C12H16F3NO3S. The van der Waals surface area contributed by atoms with Crippen LogP contribution in [0.2, 0.25) is 0 Å². The predicted molar refractivity (Wildman–Crippen MR) is 67.6 cm³/mol. The quantitative estimate of drug-likeness (QED) is 0.758. The first kappa shape index (κ1) is 16.9. The second-order valence-corrected chi connectivity index (χ2v) is 5.97. The zero-order chi connectivity index (χ0) is 15.2. The molecule has 1 rings (SSSR count). The maximum Gasteiger partial charge on any atom is 0.416 e. The molecule has 1 aromatic rings. The SMILES string of the molecule is O=S(=O)(NCCCCCO)c1ccc(C(F)(F)F)cc1. The van der Waals surface area contributed by atoms with Crippen LogP contribution in [0.5, 0.6) is 0 Å². The van der Waals surface area contributed by atoms with E-state index in [0.29, 0.717) is 19.3 Å². The summed E-state index contributed by atoms with van der Waals surface area (Å²) >= 11 is 0. The molecule has 0 heterocycles. The minimum atomic E-state index is -4.49. The molecule has 0 aromatic heterocycles. The number of nitrogens with one attached hydrogen (secondary N) is 1. The fourth-order valence-electron chi connectivity index (χ4n) is 1.53. The lowest BCUT2D eigenvalue weighted by Gasteiger charge is -2.09. The molecule has 0 fully saturated rings. The Kier molecular flexibility index (Phi) is 5.97. The normalized spacial score (nSPS) is 12.6. The number of sulfonamides is 1. The molecule has 0 aliphatic heterocycles. The number of hydrogen-bond donors (Lipinski definition) is 2. The topological polar surface area (TPSA) is 66.4 Å². The van der Waals surface area contributed by atoms with E-state index < -0.39 is 21.8 Å². The lowest BCUT2D eigenvalue weighted by Crippen LogP contribution is -2.25. The molecule has 0 radical (unpaired) electrons. The minimum Gasteiger partial charge on any atom is -0.396 e. The molecule has 0 atom stereocenters. The molecule has 0 saturated carbocycles. The third kappa shape index (κ3) is 5.10. The van der Waals surface area contributed by atoms with Gasteiger partial charge in [-0.25, -0.2) is 13.1 Å². The Labute approximate surface area is 115 Å². The van der Waals surface area contributed by atoms with Crippen molar-refractivity contribution in [3.8, 4) is 0 Å². The van der Waals surface area contributed by atoms with Crippen molar-refractivity contribution in [2.24, 2.45) is 0 Å². The van der Waals surface area contributed by atoms with Crippen LogP contribution in [0.3, 0.4) is 0 Å². The summed E-state index contributed by atoms with van der Waals surface area (Å²) in [6.07, 6.45) is -2.67. The second-order valence-electron chi connectivity index (χ2n) is 4.20. The van der Waals surface area contributed by atoms with Crippen LogP contribution in [-0.4, -0.2) is 26.7 Å². The van der Waals surface area contributed by atoms with Crippen LogP contribution in [0.4, 0.5) is 13.2 Å². The molecule has 4 nitrogen and oxygen atoms in total. The van der Waals surface area contributed by atoms with E-state index in [2.05, 4.69) is 4.72 Å². The predicted octanol–water partition coefficient (Wildman–Crippen LogP) is 2.15. The van der Waals surface area contributed by atoms with Gasteiger partial charge in [-0.1, -0.05) is 0 Å². The zero-order valence-electron chi connectivity index (χ0n) is 10.7. The highest BCUT2D eigenvalue weighted by molar-refractivity contribution is 7.89. The maximum atomic E-state index is 12.4. The van der Waals surface area contributed by atoms with Gasteiger partial charge in [-0.05, 0) is 43.5 Å². The Morgan fingerprint density at radius 3 is 2.15 bits per heavy atom. The lowest BCUT2D eigenvalue weighted by molar-refractivity contribution is -0.137. The Morgan fingerprint density at radius 1 is 1.05 bits per heavy atom. The van der Waals surface area contributed by atoms with E-state index in [4.69, 9.17) is 5.11 Å². The summed E-state index contributed by atoms with van der Waals surface area (Å²) < 4.78 is 62.9. The van der Waals surface area contributed by atoms with E-state index in [0.717, 1.165) is 24.3 Å². The van der Waals surface area contributed by atoms with Crippen molar-refractivity contribution in [2.45, 2.75) is 30.3 Å².